The molecule has 9 heteroatoms. The largest absolute Gasteiger partial charge is 0.342 e. The molecule has 2 aliphatic rings. The van der Waals surface area contributed by atoms with Gasteiger partial charge in [-0.05, 0) is 43.0 Å². The van der Waals surface area contributed by atoms with Gasteiger partial charge in [-0.25, -0.2) is 0 Å². The number of amides is 2. The number of carbonyl (C=O) groups is 2. The van der Waals surface area contributed by atoms with Crippen molar-refractivity contribution in [2.75, 3.05) is 24.2 Å². The number of aromatic nitrogens is 2. The molecule has 156 valence electrons. The zero-order valence-electron chi connectivity index (χ0n) is 16.6. The lowest BCUT2D eigenvalue weighted by Crippen LogP contribution is -2.38. The Bertz CT molecular complexity index is 838. The molecule has 4 rings (SSSR count). The number of likely N-dealkylation sites (tertiary alicyclic amines) is 1. The number of piperidine rings is 1. The fourth-order valence-electron chi connectivity index (χ4n) is 4.12. The van der Waals surface area contributed by atoms with Crippen molar-refractivity contribution in [3.63, 3.8) is 0 Å². The van der Waals surface area contributed by atoms with Gasteiger partial charge in [0.1, 0.15) is 0 Å². The second kappa shape index (κ2) is 9.14. The first-order chi connectivity index (χ1) is 14.1. The van der Waals surface area contributed by atoms with E-state index in [-0.39, 0.29) is 11.8 Å². The number of hydrogen-bond donors (Lipinski definition) is 1. The summed E-state index contributed by atoms with van der Waals surface area (Å²) < 4.78 is 0.718. The lowest BCUT2D eigenvalue weighted by atomic mass is 9.83. The summed E-state index contributed by atoms with van der Waals surface area (Å²) in [7, 11) is 0. The van der Waals surface area contributed by atoms with E-state index in [9.17, 15) is 9.59 Å². The van der Waals surface area contributed by atoms with Crippen LogP contribution in [-0.2, 0) is 15.0 Å². The highest BCUT2D eigenvalue weighted by Gasteiger charge is 2.43. The van der Waals surface area contributed by atoms with Crippen LogP contribution in [0.5, 0.6) is 0 Å². The van der Waals surface area contributed by atoms with E-state index in [1.165, 1.54) is 23.1 Å². The summed E-state index contributed by atoms with van der Waals surface area (Å²) >= 11 is 4.40. The van der Waals surface area contributed by atoms with Gasteiger partial charge < -0.3 is 4.90 Å². The van der Waals surface area contributed by atoms with Crippen molar-refractivity contribution in [2.24, 2.45) is 5.92 Å². The SMILES string of the molecule is CC1CCN(C(=O)CSc2nnc(NC(=O)C3(c4cccs4)CCCC3)s2)CC1. The zero-order chi connectivity index (χ0) is 20.3. The molecule has 0 radical (unpaired) electrons. The van der Waals surface area contributed by atoms with Gasteiger partial charge in [-0.15, -0.1) is 21.5 Å². The second-order valence-electron chi connectivity index (χ2n) is 7.95. The Labute approximate surface area is 183 Å². The van der Waals surface area contributed by atoms with Gasteiger partial charge in [0.2, 0.25) is 16.9 Å². The average molecular weight is 451 g/mol. The molecule has 1 aliphatic heterocycles. The molecular weight excluding hydrogens is 424 g/mol. The minimum atomic E-state index is -0.436. The smallest absolute Gasteiger partial charge is 0.237 e. The molecule has 0 spiro atoms. The van der Waals surface area contributed by atoms with Gasteiger partial charge >= 0.3 is 0 Å². The number of hydrogen-bond acceptors (Lipinski definition) is 7. The Hall–Kier alpha value is -1.45. The Kier molecular flexibility index (Phi) is 6.56. The number of nitrogens with zero attached hydrogens (tertiary/aromatic N) is 3. The predicted molar refractivity (Wildman–Crippen MR) is 119 cm³/mol. The van der Waals surface area contributed by atoms with Crippen LogP contribution < -0.4 is 5.32 Å². The van der Waals surface area contributed by atoms with Crippen molar-refractivity contribution in [3.8, 4) is 0 Å². The molecule has 1 saturated carbocycles. The lowest BCUT2D eigenvalue weighted by Gasteiger charge is -2.30. The fraction of sp³-hybridized carbons (Fsp3) is 0.600. The Morgan fingerprint density at radius 2 is 2.03 bits per heavy atom. The fourth-order valence-corrected chi connectivity index (χ4v) is 6.76. The van der Waals surface area contributed by atoms with E-state index in [1.54, 1.807) is 11.3 Å². The summed E-state index contributed by atoms with van der Waals surface area (Å²) in [5.41, 5.74) is -0.436. The van der Waals surface area contributed by atoms with Gasteiger partial charge in [-0.2, -0.15) is 0 Å². The minimum absolute atomic E-state index is 0.0173. The summed E-state index contributed by atoms with van der Waals surface area (Å²) in [4.78, 5) is 28.6. The maximum atomic E-state index is 13.1. The Morgan fingerprint density at radius 3 is 2.72 bits per heavy atom. The van der Waals surface area contributed by atoms with Crippen LogP contribution in [0.1, 0.15) is 50.3 Å². The number of nitrogens with one attached hydrogen (secondary N) is 1. The van der Waals surface area contributed by atoms with E-state index in [0.29, 0.717) is 16.8 Å². The van der Waals surface area contributed by atoms with Crippen LogP contribution in [0.3, 0.4) is 0 Å². The molecule has 2 aromatic rings. The molecule has 0 bridgehead atoms. The molecular formula is C20H26N4O2S3. The number of thiophene rings is 1. The average Bonchev–Trinajstić information content (AvgIpc) is 3.47. The van der Waals surface area contributed by atoms with Crippen LogP contribution in [0, 0.1) is 5.92 Å². The monoisotopic (exact) mass is 450 g/mol. The van der Waals surface area contributed by atoms with Crippen LogP contribution in [0.25, 0.3) is 0 Å². The highest BCUT2D eigenvalue weighted by atomic mass is 32.2. The van der Waals surface area contributed by atoms with Gasteiger partial charge in [0, 0.05) is 18.0 Å². The van der Waals surface area contributed by atoms with Crippen molar-refractivity contribution < 1.29 is 9.59 Å². The van der Waals surface area contributed by atoms with Crippen LogP contribution >= 0.6 is 34.4 Å². The third-order valence-corrected chi connectivity index (χ3v) is 9.00. The number of anilines is 1. The van der Waals surface area contributed by atoms with Crippen LogP contribution in [0.2, 0.25) is 0 Å². The van der Waals surface area contributed by atoms with Crippen LogP contribution in [-0.4, -0.2) is 45.8 Å². The predicted octanol–water partition coefficient (Wildman–Crippen LogP) is 4.40. The normalized spacial score (nSPS) is 19.4. The summed E-state index contributed by atoms with van der Waals surface area (Å²) in [6.45, 7) is 3.94. The second-order valence-corrected chi connectivity index (χ2v) is 11.1. The van der Waals surface area contributed by atoms with E-state index < -0.39 is 5.41 Å². The first kappa shape index (κ1) is 20.8. The summed E-state index contributed by atoms with van der Waals surface area (Å²) in [6, 6.07) is 4.07. The number of carbonyl (C=O) groups excluding carboxylic acids is 2. The molecule has 1 aliphatic carbocycles. The molecule has 2 aromatic heterocycles. The molecule has 29 heavy (non-hydrogen) atoms. The first-order valence-electron chi connectivity index (χ1n) is 10.2. The van der Waals surface area contributed by atoms with E-state index in [0.717, 1.165) is 60.8 Å². The van der Waals surface area contributed by atoms with Gasteiger partial charge in [0.15, 0.2) is 4.34 Å². The first-order valence-corrected chi connectivity index (χ1v) is 12.8. The highest BCUT2D eigenvalue weighted by Crippen LogP contribution is 2.44. The maximum absolute atomic E-state index is 13.1. The van der Waals surface area contributed by atoms with Crippen LogP contribution in [0.15, 0.2) is 21.9 Å². The standard InChI is InChI=1S/C20H26N4O2S3/c1-14-6-10-24(11-7-14)16(25)13-28-19-23-22-18(29-19)21-17(26)20(8-2-3-9-20)15-5-4-12-27-15/h4-5,12,14H,2-3,6-11,13H2,1H3,(H,21,22,26). The Balaban J connectivity index is 1.33. The Morgan fingerprint density at radius 1 is 1.28 bits per heavy atom. The molecule has 0 unspecified atom stereocenters. The lowest BCUT2D eigenvalue weighted by molar-refractivity contribution is -0.129. The molecule has 0 atom stereocenters. The van der Waals surface area contributed by atoms with Crippen molar-refractivity contribution in [1.82, 2.24) is 15.1 Å². The van der Waals surface area contributed by atoms with Crippen LogP contribution in [0.4, 0.5) is 5.13 Å². The van der Waals surface area contributed by atoms with Gasteiger partial charge in [-0.3, -0.25) is 14.9 Å². The zero-order valence-corrected chi connectivity index (χ0v) is 19.0. The summed E-state index contributed by atoms with van der Waals surface area (Å²) in [5.74, 6) is 1.25. The third-order valence-electron chi connectivity index (χ3n) is 5.97. The van der Waals surface area contributed by atoms with Crippen molar-refractivity contribution in [1.29, 1.82) is 0 Å². The maximum Gasteiger partial charge on any atom is 0.237 e. The molecule has 6 nitrogen and oxygen atoms in total. The number of thioether (sulfide) groups is 1. The molecule has 2 fully saturated rings. The highest BCUT2D eigenvalue weighted by molar-refractivity contribution is 8.01. The minimum Gasteiger partial charge on any atom is -0.342 e. The van der Waals surface area contributed by atoms with Crippen molar-refractivity contribution >= 4 is 51.4 Å². The summed E-state index contributed by atoms with van der Waals surface area (Å²) in [6.07, 6.45) is 6.06. The van der Waals surface area contributed by atoms with Gasteiger partial charge in [-0.1, -0.05) is 48.9 Å². The van der Waals surface area contributed by atoms with Crippen molar-refractivity contribution in [3.05, 3.63) is 22.4 Å². The third kappa shape index (κ3) is 4.67. The molecule has 1 saturated heterocycles. The molecule has 2 amide bonds. The molecule has 3 heterocycles. The van der Waals surface area contributed by atoms with E-state index in [2.05, 4.69) is 28.5 Å². The van der Waals surface area contributed by atoms with E-state index in [4.69, 9.17) is 0 Å². The quantitative estimate of drug-likeness (QED) is 0.521. The molecule has 1 N–H and O–H groups in total. The van der Waals surface area contributed by atoms with Gasteiger partial charge in [0.05, 0.1) is 11.2 Å². The van der Waals surface area contributed by atoms with Gasteiger partial charge in [0.25, 0.3) is 0 Å². The topological polar surface area (TPSA) is 75.2 Å². The number of rotatable bonds is 6. The summed E-state index contributed by atoms with van der Waals surface area (Å²) in [5, 5.41) is 13.8. The van der Waals surface area contributed by atoms with E-state index >= 15 is 0 Å². The van der Waals surface area contributed by atoms with Crippen molar-refractivity contribution in [2.45, 2.75) is 55.2 Å². The van der Waals surface area contributed by atoms with E-state index in [1.807, 2.05) is 16.3 Å². The molecule has 0 aromatic carbocycles.